The first-order valence-electron chi connectivity index (χ1n) is 8.78. The predicted molar refractivity (Wildman–Crippen MR) is 101 cm³/mol. The number of carbonyl (C=O) groups excluding carboxylic acids is 1. The second-order valence-electron chi connectivity index (χ2n) is 6.61. The van der Waals surface area contributed by atoms with Gasteiger partial charge in [0, 0.05) is 30.6 Å². The monoisotopic (exact) mass is 375 g/mol. The molecule has 6 nitrogen and oxygen atoms in total. The van der Waals surface area contributed by atoms with Crippen LogP contribution in [0.4, 0.5) is 0 Å². The highest BCUT2D eigenvalue weighted by molar-refractivity contribution is 7.09. The molecule has 1 saturated heterocycles. The van der Waals surface area contributed by atoms with E-state index >= 15 is 0 Å². The number of rotatable bonds is 6. The molecule has 3 rings (SSSR count). The van der Waals surface area contributed by atoms with Gasteiger partial charge in [-0.1, -0.05) is 18.2 Å². The number of ether oxygens (including phenoxy) is 1. The van der Waals surface area contributed by atoms with Crippen molar-refractivity contribution in [2.75, 3.05) is 20.2 Å². The topological polar surface area (TPSA) is 74.7 Å². The van der Waals surface area contributed by atoms with Gasteiger partial charge in [-0.15, -0.1) is 11.3 Å². The van der Waals surface area contributed by atoms with Crippen molar-refractivity contribution in [2.45, 2.75) is 38.5 Å². The Kier molecular flexibility index (Phi) is 6.24. The van der Waals surface area contributed by atoms with Crippen LogP contribution in [0.5, 0.6) is 5.75 Å². The second kappa shape index (κ2) is 8.62. The average molecular weight is 375 g/mol. The van der Waals surface area contributed by atoms with E-state index in [1.54, 1.807) is 18.4 Å². The Morgan fingerprint density at radius 2 is 2.27 bits per heavy atom. The minimum Gasteiger partial charge on any atom is -0.496 e. The molecule has 2 N–H and O–H groups in total. The molecule has 1 amide bonds. The van der Waals surface area contributed by atoms with Gasteiger partial charge in [0.05, 0.1) is 36.4 Å². The van der Waals surface area contributed by atoms with E-state index in [2.05, 4.69) is 20.6 Å². The first-order chi connectivity index (χ1) is 12.5. The SMILES string of the molecule is COc1ccccc1CC(=O)N[C@@H]1CCN(Cc2csc(C)n2)C[C@H]1O. The highest BCUT2D eigenvalue weighted by Gasteiger charge is 2.29. The Balaban J connectivity index is 1.50. The van der Waals surface area contributed by atoms with Gasteiger partial charge in [0.2, 0.25) is 5.91 Å². The van der Waals surface area contributed by atoms with Crippen molar-refractivity contribution in [2.24, 2.45) is 0 Å². The van der Waals surface area contributed by atoms with Crippen molar-refractivity contribution in [1.29, 1.82) is 0 Å². The minimum atomic E-state index is -0.579. The lowest BCUT2D eigenvalue weighted by Gasteiger charge is -2.36. The van der Waals surface area contributed by atoms with Crippen molar-refractivity contribution < 1.29 is 14.6 Å². The van der Waals surface area contributed by atoms with E-state index in [9.17, 15) is 9.90 Å². The number of piperidine rings is 1. The van der Waals surface area contributed by atoms with Gasteiger partial charge in [0.1, 0.15) is 5.75 Å². The summed E-state index contributed by atoms with van der Waals surface area (Å²) in [6.07, 6.45) is 0.391. The van der Waals surface area contributed by atoms with Crippen LogP contribution in [0.25, 0.3) is 0 Å². The van der Waals surface area contributed by atoms with Crippen molar-refractivity contribution >= 4 is 17.2 Å². The summed E-state index contributed by atoms with van der Waals surface area (Å²) >= 11 is 1.64. The first-order valence-corrected chi connectivity index (χ1v) is 9.66. The molecule has 7 heteroatoms. The van der Waals surface area contributed by atoms with E-state index in [1.807, 2.05) is 31.2 Å². The van der Waals surface area contributed by atoms with Gasteiger partial charge in [0.15, 0.2) is 0 Å². The summed E-state index contributed by atoms with van der Waals surface area (Å²) in [5.41, 5.74) is 1.89. The van der Waals surface area contributed by atoms with Crippen LogP contribution in [0.15, 0.2) is 29.6 Å². The number of aliphatic hydroxyl groups is 1. The van der Waals surface area contributed by atoms with E-state index < -0.39 is 6.10 Å². The number of β-amino-alcohol motifs (C(OH)–C–C–N with tert-alkyl or cyclic N) is 1. The summed E-state index contributed by atoms with van der Waals surface area (Å²) in [5.74, 6) is 0.610. The maximum Gasteiger partial charge on any atom is 0.224 e. The molecule has 1 fully saturated rings. The quantitative estimate of drug-likeness (QED) is 0.805. The number of para-hydroxylation sites is 1. The lowest BCUT2D eigenvalue weighted by molar-refractivity contribution is -0.122. The number of methoxy groups -OCH3 is 1. The predicted octanol–water partition coefficient (Wildman–Crippen LogP) is 1.75. The maximum atomic E-state index is 12.4. The number of amides is 1. The summed E-state index contributed by atoms with van der Waals surface area (Å²) in [6.45, 7) is 4.10. The van der Waals surface area contributed by atoms with Crippen LogP contribution in [0.1, 0.15) is 22.7 Å². The standard InChI is InChI=1S/C19H25N3O3S/c1-13-20-15(12-26-13)10-22-8-7-16(17(23)11-22)21-19(24)9-14-5-3-4-6-18(14)25-2/h3-6,12,16-17,23H,7-11H2,1-2H3,(H,21,24)/t16-,17-/m1/s1. The second-order valence-corrected chi connectivity index (χ2v) is 7.67. The number of aromatic nitrogens is 1. The molecule has 2 aromatic rings. The van der Waals surface area contributed by atoms with E-state index in [4.69, 9.17) is 4.74 Å². The molecule has 2 heterocycles. The third-order valence-electron chi connectivity index (χ3n) is 4.61. The molecule has 0 aliphatic carbocycles. The number of nitrogens with zero attached hydrogens (tertiary/aromatic N) is 2. The van der Waals surface area contributed by atoms with E-state index in [0.29, 0.717) is 12.3 Å². The third-order valence-corrected chi connectivity index (χ3v) is 5.43. The number of aliphatic hydroxyl groups excluding tert-OH is 1. The molecular formula is C19H25N3O3S. The van der Waals surface area contributed by atoms with Gasteiger partial charge in [-0.25, -0.2) is 4.98 Å². The van der Waals surface area contributed by atoms with Gasteiger partial charge < -0.3 is 15.2 Å². The molecule has 0 unspecified atom stereocenters. The molecule has 26 heavy (non-hydrogen) atoms. The Hall–Kier alpha value is -1.96. The molecule has 0 bridgehead atoms. The van der Waals surface area contributed by atoms with E-state index in [1.165, 1.54) is 0 Å². The fourth-order valence-electron chi connectivity index (χ4n) is 3.30. The first kappa shape index (κ1) is 18.8. The van der Waals surface area contributed by atoms with Crippen LogP contribution in [-0.4, -0.2) is 53.2 Å². The molecule has 1 aromatic heterocycles. The smallest absolute Gasteiger partial charge is 0.224 e. The van der Waals surface area contributed by atoms with Crippen LogP contribution in [0, 0.1) is 6.92 Å². The van der Waals surface area contributed by atoms with Crippen LogP contribution in [0.2, 0.25) is 0 Å². The van der Waals surface area contributed by atoms with Gasteiger partial charge in [-0.3, -0.25) is 9.69 Å². The fraction of sp³-hybridized carbons (Fsp3) is 0.474. The molecule has 0 radical (unpaired) electrons. The Bertz CT molecular complexity index is 749. The van der Waals surface area contributed by atoms with E-state index in [-0.39, 0.29) is 18.4 Å². The highest BCUT2D eigenvalue weighted by atomic mass is 32.1. The van der Waals surface area contributed by atoms with Gasteiger partial charge in [-0.2, -0.15) is 0 Å². The van der Waals surface area contributed by atoms with Crippen LogP contribution >= 0.6 is 11.3 Å². The third kappa shape index (κ3) is 4.81. The van der Waals surface area contributed by atoms with Gasteiger partial charge in [0.25, 0.3) is 0 Å². The Labute approximate surface area is 157 Å². The van der Waals surface area contributed by atoms with Crippen molar-refractivity contribution in [3.05, 3.63) is 45.9 Å². The van der Waals surface area contributed by atoms with E-state index in [0.717, 1.165) is 35.8 Å². The summed E-state index contributed by atoms with van der Waals surface area (Å²) in [5, 5.41) is 16.5. The summed E-state index contributed by atoms with van der Waals surface area (Å²) in [6, 6.07) is 7.27. The number of carbonyl (C=O) groups is 1. The summed E-state index contributed by atoms with van der Waals surface area (Å²) in [4.78, 5) is 19.0. The number of aryl methyl sites for hydroxylation is 1. The molecule has 140 valence electrons. The molecule has 2 atom stereocenters. The lowest BCUT2D eigenvalue weighted by Crippen LogP contribution is -2.54. The molecule has 0 spiro atoms. The van der Waals surface area contributed by atoms with Crippen LogP contribution < -0.4 is 10.1 Å². The summed E-state index contributed by atoms with van der Waals surface area (Å²) < 4.78 is 5.29. The summed E-state index contributed by atoms with van der Waals surface area (Å²) in [7, 11) is 1.60. The Morgan fingerprint density at radius 1 is 1.46 bits per heavy atom. The molecule has 1 aromatic carbocycles. The van der Waals surface area contributed by atoms with Crippen LogP contribution in [0.3, 0.4) is 0 Å². The van der Waals surface area contributed by atoms with Gasteiger partial charge >= 0.3 is 0 Å². The molecular weight excluding hydrogens is 350 g/mol. The Morgan fingerprint density at radius 3 is 2.96 bits per heavy atom. The number of benzene rings is 1. The molecule has 0 saturated carbocycles. The van der Waals surface area contributed by atoms with Gasteiger partial charge in [-0.05, 0) is 19.4 Å². The van der Waals surface area contributed by atoms with Crippen molar-refractivity contribution in [1.82, 2.24) is 15.2 Å². The maximum absolute atomic E-state index is 12.4. The normalized spacial score (nSPS) is 20.7. The number of hydrogen-bond acceptors (Lipinski definition) is 6. The number of likely N-dealkylation sites (tertiary alicyclic amines) is 1. The number of hydrogen-bond donors (Lipinski definition) is 2. The zero-order valence-corrected chi connectivity index (χ0v) is 16.0. The van der Waals surface area contributed by atoms with Crippen molar-refractivity contribution in [3.8, 4) is 5.75 Å². The number of thiazole rings is 1. The zero-order valence-electron chi connectivity index (χ0n) is 15.1. The zero-order chi connectivity index (χ0) is 18.5. The molecule has 1 aliphatic heterocycles. The number of nitrogens with one attached hydrogen (secondary N) is 1. The lowest BCUT2D eigenvalue weighted by atomic mass is 10.0. The molecule has 1 aliphatic rings. The average Bonchev–Trinajstić information content (AvgIpc) is 3.02. The largest absolute Gasteiger partial charge is 0.496 e. The highest BCUT2D eigenvalue weighted by Crippen LogP contribution is 2.19. The fourth-order valence-corrected chi connectivity index (χ4v) is 3.90. The minimum absolute atomic E-state index is 0.0953. The van der Waals surface area contributed by atoms with Crippen molar-refractivity contribution in [3.63, 3.8) is 0 Å². The van der Waals surface area contributed by atoms with Crippen LogP contribution in [-0.2, 0) is 17.8 Å².